The van der Waals surface area contributed by atoms with Crippen molar-refractivity contribution in [3.63, 3.8) is 0 Å². The summed E-state index contributed by atoms with van der Waals surface area (Å²) in [6.45, 7) is 1.61. The maximum atomic E-state index is 12.8. The lowest BCUT2D eigenvalue weighted by Gasteiger charge is -2.04. The highest BCUT2D eigenvalue weighted by Crippen LogP contribution is 2.08. The zero-order valence-corrected chi connectivity index (χ0v) is 13.0. The van der Waals surface area contributed by atoms with Gasteiger partial charge in [0.1, 0.15) is 5.82 Å². The molecule has 0 bridgehead atoms. The molecular weight excluding hydrogens is 309 g/mol. The van der Waals surface area contributed by atoms with E-state index in [1.165, 1.54) is 31.2 Å². The number of rotatable bonds is 3. The molecule has 0 aliphatic carbocycles. The van der Waals surface area contributed by atoms with Crippen LogP contribution in [0.5, 0.6) is 0 Å². The van der Waals surface area contributed by atoms with Crippen LogP contribution in [0, 0.1) is 17.7 Å². The van der Waals surface area contributed by atoms with Gasteiger partial charge in [-0.15, -0.1) is 0 Å². The summed E-state index contributed by atoms with van der Waals surface area (Å²) in [5.41, 5.74) is 1.96. The minimum Gasteiger partial charge on any atom is -0.327 e. The maximum absolute atomic E-state index is 12.8. The Kier molecular flexibility index (Phi) is 5.92. The van der Waals surface area contributed by atoms with Gasteiger partial charge in [-0.2, -0.15) is 0 Å². The van der Waals surface area contributed by atoms with Crippen molar-refractivity contribution in [2.24, 2.45) is 0 Å². The van der Waals surface area contributed by atoms with Gasteiger partial charge in [-0.1, -0.05) is 11.8 Å². The summed E-state index contributed by atoms with van der Waals surface area (Å²) in [6.07, 6.45) is 0. The number of carbonyl (C=O) groups excluding carboxylic acids is 2. The molecule has 0 fully saturated rings. The number of benzene rings is 2. The number of nitrogens with one attached hydrogen (secondary N) is 3. The van der Waals surface area contributed by atoms with Gasteiger partial charge >= 0.3 is 6.03 Å². The van der Waals surface area contributed by atoms with Crippen LogP contribution in [0.25, 0.3) is 0 Å². The number of carbonyl (C=O) groups is 2. The third kappa shape index (κ3) is 5.81. The highest BCUT2D eigenvalue weighted by molar-refractivity contribution is 5.89. The fraction of sp³-hybridized carbons (Fsp3) is 0.111. The molecule has 2 aromatic rings. The largest absolute Gasteiger partial charge is 0.327 e. The van der Waals surface area contributed by atoms with Crippen molar-refractivity contribution in [2.75, 3.05) is 17.2 Å². The standard InChI is InChI=1S/C18H16FN3O2/c1-13(23)21-16-8-4-14(5-9-16)3-2-12-20-18(24)22-17-10-6-15(19)7-11-17/h4-11H,12H2,1H3,(H,21,23)(H2,20,22,24). The van der Waals surface area contributed by atoms with Crippen LogP contribution >= 0.6 is 0 Å². The predicted molar refractivity (Wildman–Crippen MR) is 91.0 cm³/mol. The van der Waals surface area contributed by atoms with E-state index in [9.17, 15) is 14.0 Å². The number of amides is 3. The van der Waals surface area contributed by atoms with E-state index in [0.29, 0.717) is 11.4 Å². The van der Waals surface area contributed by atoms with Crippen LogP contribution in [0.3, 0.4) is 0 Å². The SMILES string of the molecule is CC(=O)Nc1ccc(C#CCNC(=O)Nc2ccc(F)cc2)cc1. The summed E-state index contributed by atoms with van der Waals surface area (Å²) in [5, 5.41) is 7.81. The molecule has 0 saturated heterocycles. The molecule has 5 nitrogen and oxygen atoms in total. The molecule has 3 amide bonds. The van der Waals surface area contributed by atoms with Crippen LogP contribution in [-0.4, -0.2) is 18.5 Å². The molecule has 0 unspecified atom stereocenters. The van der Waals surface area contributed by atoms with E-state index in [2.05, 4.69) is 27.8 Å². The number of urea groups is 1. The Morgan fingerprint density at radius 3 is 2.17 bits per heavy atom. The minimum atomic E-state index is -0.420. The molecular formula is C18H16FN3O2. The fourth-order valence-corrected chi connectivity index (χ4v) is 1.82. The number of hydrogen-bond acceptors (Lipinski definition) is 2. The Bertz CT molecular complexity index is 775. The molecule has 122 valence electrons. The van der Waals surface area contributed by atoms with Crippen LogP contribution in [0.15, 0.2) is 48.5 Å². The molecule has 0 aliphatic rings. The first-order valence-corrected chi connectivity index (χ1v) is 7.20. The van der Waals surface area contributed by atoms with Gasteiger partial charge in [0.2, 0.25) is 5.91 Å². The molecule has 24 heavy (non-hydrogen) atoms. The van der Waals surface area contributed by atoms with Crippen molar-refractivity contribution in [3.8, 4) is 11.8 Å². The molecule has 6 heteroatoms. The van der Waals surface area contributed by atoms with Crippen LogP contribution in [-0.2, 0) is 4.79 Å². The molecule has 2 rings (SSSR count). The van der Waals surface area contributed by atoms with Gasteiger partial charge < -0.3 is 16.0 Å². The fourth-order valence-electron chi connectivity index (χ4n) is 1.82. The summed E-state index contributed by atoms with van der Waals surface area (Å²) < 4.78 is 12.8. The molecule has 0 aliphatic heterocycles. The molecule has 2 aromatic carbocycles. The third-order valence-corrected chi connectivity index (χ3v) is 2.88. The zero-order chi connectivity index (χ0) is 17.4. The molecule has 0 heterocycles. The predicted octanol–water partition coefficient (Wildman–Crippen LogP) is 2.96. The van der Waals surface area contributed by atoms with Crippen molar-refractivity contribution < 1.29 is 14.0 Å². The average Bonchev–Trinajstić information content (AvgIpc) is 2.55. The lowest BCUT2D eigenvalue weighted by atomic mass is 10.2. The molecule has 0 atom stereocenters. The van der Waals surface area contributed by atoms with E-state index >= 15 is 0 Å². The second-order valence-electron chi connectivity index (χ2n) is 4.87. The summed E-state index contributed by atoms with van der Waals surface area (Å²) >= 11 is 0. The Balaban J connectivity index is 1.79. The van der Waals surface area contributed by atoms with Crippen LogP contribution in [0.1, 0.15) is 12.5 Å². The summed E-state index contributed by atoms with van der Waals surface area (Å²) in [7, 11) is 0. The van der Waals surface area contributed by atoms with Crippen molar-refractivity contribution >= 4 is 23.3 Å². The van der Waals surface area contributed by atoms with E-state index in [1.54, 1.807) is 24.3 Å². The summed E-state index contributed by atoms with van der Waals surface area (Å²) in [6, 6.07) is 12.1. The average molecular weight is 325 g/mol. The quantitative estimate of drug-likeness (QED) is 0.759. The normalized spacial score (nSPS) is 9.42. The molecule has 0 saturated carbocycles. The van der Waals surface area contributed by atoms with Crippen molar-refractivity contribution in [1.29, 1.82) is 0 Å². The van der Waals surface area contributed by atoms with Crippen LogP contribution < -0.4 is 16.0 Å². The lowest BCUT2D eigenvalue weighted by molar-refractivity contribution is -0.114. The van der Waals surface area contributed by atoms with Gasteiger partial charge in [-0.25, -0.2) is 9.18 Å². The third-order valence-electron chi connectivity index (χ3n) is 2.88. The Morgan fingerprint density at radius 1 is 0.958 bits per heavy atom. The van der Waals surface area contributed by atoms with Gasteiger partial charge in [-0.05, 0) is 48.5 Å². The topological polar surface area (TPSA) is 70.2 Å². The first-order valence-electron chi connectivity index (χ1n) is 7.20. The lowest BCUT2D eigenvalue weighted by Crippen LogP contribution is -2.28. The van der Waals surface area contributed by atoms with Crippen molar-refractivity contribution in [3.05, 3.63) is 59.9 Å². The molecule has 0 aromatic heterocycles. The molecule has 0 spiro atoms. The minimum absolute atomic E-state index is 0.134. The van der Waals surface area contributed by atoms with E-state index in [1.807, 2.05) is 0 Å². The van der Waals surface area contributed by atoms with Crippen molar-refractivity contribution in [1.82, 2.24) is 5.32 Å². The smallest absolute Gasteiger partial charge is 0.319 e. The van der Waals surface area contributed by atoms with Crippen molar-refractivity contribution in [2.45, 2.75) is 6.92 Å². The summed E-state index contributed by atoms with van der Waals surface area (Å²) in [5.74, 6) is 5.22. The van der Waals surface area contributed by atoms with Gasteiger partial charge in [0.15, 0.2) is 0 Å². The van der Waals surface area contributed by atoms with Gasteiger partial charge in [0.05, 0.1) is 6.54 Å². The van der Waals surface area contributed by atoms with Crippen LogP contribution in [0.2, 0.25) is 0 Å². The highest BCUT2D eigenvalue weighted by Gasteiger charge is 1.99. The van der Waals surface area contributed by atoms with Gasteiger partial charge in [0, 0.05) is 23.9 Å². The van der Waals surface area contributed by atoms with Gasteiger partial charge in [0.25, 0.3) is 0 Å². The second-order valence-corrected chi connectivity index (χ2v) is 4.87. The van der Waals surface area contributed by atoms with Gasteiger partial charge in [-0.3, -0.25) is 4.79 Å². The highest BCUT2D eigenvalue weighted by atomic mass is 19.1. The van der Waals surface area contributed by atoms with E-state index in [0.717, 1.165) is 5.56 Å². The summed E-state index contributed by atoms with van der Waals surface area (Å²) in [4.78, 5) is 22.5. The zero-order valence-electron chi connectivity index (χ0n) is 13.0. The van der Waals surface area contributed by atoms with E-state index < -0.39 is 6.03 Å². The monoisotopic (exact) mass is 325 g/mol. The molecule has 0 radical (unpaired) electrons. The van der Waals surface area contributed by atoms with E-state index in [4.69, 9.17) is 0 Å². The molecule has 3 N–H and O–H groups in total. The van der Waals surface area contributed by atoms with Crippen LogP contribution in [0.4, 0.5) is 20.6 Å². The first-order chi connectivity index (χ1) is 11.5. The number of hydrogen-bond donors (Lipinski definition) is 3. The Labute approximate surface area is 139 Å². The number of halogens is 1. The van der Waals surface area contributed by atoms with E-state index in [-0.39, 0.29) is 18.3 Å². The Hall–Kier alpha value is -3.33. The number of anilines is 2. The first kappa shape index (κ1) is 17.0. The maximum Gasteiger partial charge on any atom is 0.319 e. The second kappa shape index (κ2) is 8.34. The Morgan fingerprint density at radius 2 is 1.54 bits per heavy atom.